The zero-order valence-electron chi connectivity index (χ0n) is 9.46. The lowest BCUT2D eigenvalue weighted by atomic mass is 10.2. The Balaban J connectivity index is 2.31. The van der Waals surface area contributed by atoms with Gasteiger partial charge in [-0.25, -0.2) is 0 Å². The first kappa shape index (κ1) is 12.0. The van der Waals surface area contributed by atoms with Crippen LogP contribution in [-0.4, -0.2) is 38.3 Å². The van der Waals surface area contributed by atoms with Gasteiger partial charge in [0, 0.05) is 19.7 Å². The third-order valence-electron chi connectivity index (χ3n) is 2.24. The Morgan fingerprint density at radius 2 is 2.47 bits per heavy atom. The van der Waals surface area contributed by atoms with Crippen molar-refractivity contribution in [3.8, 4) is 0 Å². The number of hydrogen-bond donors (Lipinski definition) is 2. The molecular formula is C11H21N3O. The molecule has 0 amide bonds. The molecule has 1 heterocycles. The second-order valence-corrected chi connectivity index (χ2v) is 3.52. The number of guanidine groups is 1. The van der Waals surface area contributed by atoms with Gasteiger partial charge in [-0.3, -0.25) is 4.99 Å². The highest BCUT2D eigenvalue weighted by molar-refractivity contribution is 5.79. The topological polar surface area (TPSA) is 45.7 Å². The molecule has 0 saturated carbocycles. The highest BCUT2D eigenvalue weighted by atomic mass is 16.5. The second-order valence-electron chi connectivity index (χ2n) is 3.52. The summed E-state index contributed by atoms with van der Waals surface area (Å²) < 4.78 is 5.50. The summed E-state index contributed by atoms with van der Waals surface area (Å²) in [6.45, 7) is 8.94. The third-order valence-corrected chi connectivity index (χ3v) is 2.24. The molecule has 15 heavy (non-hydrogen) atoms. The smallest absolute Gasteiger partial charge is 0.191 e. The second kappa shape index (κ2) is 7.29. The predicted octanol–water partition coefficient (Wildman–Crippen LogP) is 0.906. The van der Waals surface area contributed by atoms with Crippen LogP contribution in [0.3, 0.4) is 0 Å². The van der Waals surface area contributed by atoms with Gasteiger partial charge in [-0.2, -0.15) is 0 Å². The van der Waals surface area contributed by atoms with E-state index in [-0.39, 0.29) is 0 Å². The highest BCUT2D eigenvalue weighted by Crippen LogP contribution is 2.11. The van der Waals surface area contributed by atoms with Crippen molar-refractivity contribution >= 4 is 5.96 Å². The van der Waals surface area contributed by atoms with Gasteiger partial charge in [-0.15, -0.1) is 6.58 Å². The van der Waals surface area contributed by atoms with Crippen LogP contribution in [0.2, 0.25) is 0 Å². The molecule has 1 aliphatic rings. The van der Waals surface area contributed by atoms with Gasteiger partial charge in [0.2, 0.25) is 0 Å². The molecule has 0 aromatic rings. The summed E-state index contributed by atoms with van der Waals surface area (Å²) >= 11 is 0. The average Bonchev–Trinajstić information content (AvgIpc) is 2.75. The Labute approximate surface area is 91.8 Å². The van der Waals surface area contributed by atoms with Crippen molar-refractivity contribution in [1.29, 1.82) is 0 Å². The molecule has 0 radical (unpaired) electrons. The first-order chi connectivity index (χ1) is 7.36. The molecule has 1 saturated heterocycles. The summed E-state index contributed by atoms with van der Waals surface area (Å²) in [7, 11) is 0. The Morgan fingerprint density at radius 1 is 1.60 bits per heavy atom. The monoisotopic (exact) mass is 211 g/mol. The van der Waals surface area contributed by atoms with Crippen LogP contribution < -0.4 is 10.6 Å². The van der Waals surface area contributed by atoms with E-state index >= 15 is 0 Å². The largest absolute Gasteiger partial charge is 0.376 e. The quantitative estimate of drug-likeness (QED) is 0.403. The molecule has 0 aromatic heterocycles. The zero-order valence-corrected chi connectivity index (χ0v) is 9.46. The van der Waals surface area contributed by atoms with Crippen molar-refractivity contribution < 1.29 is 4.74 Å². The Bertz CT molecular complexity index is 210. The van der Waals surface area contributed by atoms with Gasteiger partial charge in [0.05, 0.1) is 12.6 Å². The van der Waals surface area contributed by atoms with Crippen molar-refractivity contribution in [2.24, 2.45) is 4.99 Å². The number of ether oxygens (including phenoxy) is 1. The van der Waals surface area contributed by atoms with Crippen LogP contribution in [0.1, 0.15) is 19.8 Å². The van der Waals surface area contributed by atoms with E-state index in [2.05, 4.69) is 29.1 Å². The molecule has 4 nitrogen and oxygen atoms in total. The van der Waals surface area contributed by atoms with E-state index in [0.717, 1.165) is 45.0 Å². The average molecular weight is 211 g/mol. The number of aliphatic imine (C=N–C) groups is 1. The summed E-state index contributed by atoms with van der Waals surface area (Å²) in [5.41, 5.74) is 0. The fourth-order valence-corrected chi connectivity index (χ4v) is 1.49. The molecule has 0 aliphatic carbocycles. The number of rotatable bonds is 5. The maximum Gasteiger partial charge on any atom is 0.191 e. The van der Waals surface area contributed by atoms with E-state index < -0.39 is 0 Å². The normalized spacial score (nSPS) is 21.4. The Hall–Kier alpha value is -1.03. The van der Waals surface area contributed by atoms with Gasteiger partial charge in [0.15, 0.2) is 5.96 Å². The minimum atomic E-state index is 0.309. The SMILES string of the molecule is C=CCNC(=NCC1CCCO1)NCC. The van der Waals surface area contributed by atoms with Crippen LogP contribution in [-0.2, 0) is 4.74 Å². The van der Waals surface area contributed by atoms with E-state index in [1.165, 1.54) is 0 Å². The van der Waals surface area contributed by atoms with Crippen molar-refractivity contribution in [1.82, 2.24) is 10.6 Å². The van der Waals surface area contributed by atoms with Crippen molar-refractivity contribution in [3.63, 3.8) is 0 Å². The Kier molecular flexibility index (Phi) is 5.85. The van der Waals surface area contributed by atoms with E-state index in [1.807, 2.05) is 6.08 Å². The third kappa shape index (κ3) is 4.83. The highest BCUT2D eigenvalue weighted by Gasteiger charge is 2.14. The van der Waals surface area contributed by atoms with E-state index in [1.54, 1.807) is 0 Å². The maximum atomic E-state index is 5.50. The minimum absolute atomic E-state index is 0.309. The molecule has 86 valence electrons. The van der Waals surface area contributed by atoms with Gasteiger partial charge in [-0.05, 0) is 19.8 Å². The summed E-state index contributed by atoms with van der Waals surface area (Å²) in [6, 6.07) is 0. The van der Waals surface area contributed by atoms with Gasteiger partial charge < -0.3 is 15.4 Å². The van der Waals surface area contributed by atoms with Crippen LogP contribution in [0.5, 0.6) is 0 Å². The summed E-state index contributed by atoms with van der Waals surface area (Å²) in [4.78, 5) is 4.45. The molecular weight excluding hydrogens is 190 g/mol. The van der Waals surface area contributed by atoms with E-state index in [9.17, 15) is 0 Å². The summed E-state index contributed by atoms with van der Waals surface area (Å²) in [5, 5.41) is 6.34. The van der Waals surface area contributed by atoms with Gasteiger partial charge in [0.1, 0.15) is 0 Å². The molecule has 0 aromatic carbocycles. The summed E-state index contributed by atoms with van der Waals surface area (Å²) in [5.74, 6) is 0.841. The molecule has 1 atom stereocenters. The minimum Gasteiger partial charge on any atom is -0.376 e. The van der Waals surface area contributed by atoms with Crippen LogP contribution in [0, 0.1) is 0 Å². The molecule has 1 rings (SSSR count). The number of nitrogens with zero attached hydrogens (tertiary/aromatic N) is 1. The van der Waals surface area contributed by atoms with Gasteiger partial charge in [-0.1, -0.05) is 6.08 Å². The molecule has 4 heteroatoms. The molecule has 2 N–H and O–H groups in total. The lowest BCUT2D eigenvalue weighted by molar-refractivity contribution is 0.117. The van der Waals surface area contributed by atoms with Crippen LogP contribution >= 0.6 is 0 Å². The molecule has 0 spiro atoms. The van der Waals surface area contributed by atoms with Crippen LogP contribution in [0.4, 0.5) is 0 Å². The molecule has 1 fully saturated rings. The molecule has 1 unspecified atom stereocenters. The van der Waals surface area contributed by atoms with Gasteiger partial charge in [0.25, 0.3) is 0 Å². The fourth-order valence-electron chi connectivity index (χ4n) is 1.49. The maximum absolute atomic E-state index is 5.50. The Morgan fingerprint density at radius 3 is 3.07 bits per heavy atom. The zero-order chi connectivity index (χ0) is 10.9. The van der Waals surface area contributed by atoms with Crippen molar-refractivity contribution in [3.05, 3.63) is 12.7 Å². The lowest BCUT2D eigenvalue weighted by Crippen LogP contribution is -2.37. The summed E-state index contributed by atoms with van der Waals surface area (Å²) in [6.07, 6.45) is 4.42. The fraction of sp³-hybridized carbons (Fsp3) is 0.727. The van der Waals surface area contributed by atoms with Gasteiger partial charge >= 0.3 is 0 Å². The van der Waals surface area contributed by atoms with E-state index in [0.29, 0.717) is 6.10 Å². The molecule has 1 aliphatic heterocycles. The van der Waals surface area contributed by atoms with E-state index in [4.69, 9.17) is 4.74 Å². The molecule has 0 bridgehead atoms. The predicted molar refractivity (Wildman–Crippen MR) is 63.2 cm³/mol. The first-order valence-corrected chi connectivity index (χ1v) is 5.61. The standard InChI is InChI=1S/C11H21N3O/c1-3-7-13-11(12-4-2)14-9-10-6-5-8-15-10/h3,10H,1,4-9H2,2H3,(H2,12,13,14). The van der Waals surface area contributed by atoms with Crippen LogP contribution in [0.15, 0.2) is 17.6 Å². The van der Waals surface area contributed by atoms with Crippen LogP contribution in [0.25, 0.3) is 0 Å². The number of nitrogens with one attached hydrogen (secondary N) is 2. The number of hydrogen-bond acceptors (Lipinski definition) is 2. The van der Waals surface area contributed by atoms with Crippen molar-refractivity contribution in [2.75, 3.05) is 26.2 Å². The lowest BCUT2D eigenvalue weighted by Gasteiger charge is -2.11. The van der Waals surface area contributed by atoms with Crippen molar-refractivity contribution in [2.45, 2.75) is 25.9 Å². The first-order valence-electron chi connectivity index (χ1n) is 5.61.